The molecule has 0 saturated carbocycles. The molecule has 2 aliphatic rings. The quantitative estimate of drug-likeness (QED) is 0.826. The second-order valence-electron chi connectivity index (χ2n) is 5.18. The predicted octanol–water partition coefficient (Wildman–Crippen LogP) is 1.48. The van der Waals surface area contributed by atoms with Gasteiger partial charge in [0.1, 0.15) is 6.04 Å². The van der Waals surface area contributed by atoms with Gasteiger partial charge < -0.3 is 15.3 Å². The summed E-state index contributed by atoms with van der Waals surface area (Å²) in [5.74, 6) is 1.52. The molecule has 0 aromatic rings. The molecule has 19 heavy (non-hydrogen) atoms. The number of hydrogen-bond donors (Lipinski definition) is 2. The Morgan fingerprint density at radius 2 is 2.26 bits per heavy atom. The fourth-order valence-electron chi connectivity index (χ4n) is 2.39. The number of hydrogen-bond acceptors (Lipinski definition) is 4. The Balaban J connectivity index is 1.89. The Morgan fingerprint density at radius 3 is 2.89 bits per heavy atom. The maximum Gasteiger partial charge on any atom is 0.327 e. The van der Waals surface area contributed by atoms with Gasteiger partial charge in [0, 0.05) is 29.3 Å². The van der Waals surface area contributed by atoms with Gasteiger partial charge in [-0.1, -0.05) is 0 Å². The average molecular weight is 304 g/mol. The largest absolute Gasteiger partial charge is 0.480 e. The maximum absolute atomic E-state index is 12.1. The number of aliphatic carboxylic acids is 1. The summed E-state index contributed by atoms with van der Waals surface area (Å²) in [6, 6.07) is -0.927. The lowest BCUT2D eigenvalue weighted by atomic mass is 10.1. The summed E-state index contributed by atoms with van der Waals surface area (Å²) >= 11 is 3.48. The van der Waals surface area contributed by atoms with Crippen molar-refractivity contribution in [1.82, 2.24) is 10.2 Å². The summed E-state index contributed by atoms with van der Waals surface area (Å²) in [5, 5.41) is 12.1. The molecule has 2 heterocycles. The number of carboxylic acid groups (broad SMARTS) is 1. The van der Waals surface area contributed by atoms with E-state index in [9.17, 15) is 9.59 Å². The number of amides is 2. The molecule has 108 valence electrons. The highest BCUT2D eigenvalue weighted by molar-refractivity contribution is 8.00. The van der Waals surface area contributed by atoms with Gasteiger partial charge in [0.15, 0.2) is 0 Å². The zero-order valence-electron chi connectivity index (χ0n) is 11.1. The Hall–Kier alpha value is -0.560. The van der Waals surface area contributed by atoms with E-state index in [1.807, 2.05) is 11.8 Å². The summed E-state index contributed by atoms with van der Waals surface area (Å²) in [6.45, 7) is 3.29. The van der Waals surface area contributed by atoms with Gasteiger partial charge in [0.25, 0.3) is 0 Å². The lowest BCUT2D eigenvalue weighted by molar-refractivity contribution is -0.141. The number of carbonyl (C=O) groups is 2. The summed E-state index contributed by atoms with van der Waals surface area (Å²) in [6.07, 6.45) is 2.30. The molecule has 2 aliphatic heterocycles. The third-order valence-corrected chi connectivity index (χ3v) is 6.15. The van der Waals surface area contributed by atoms with E-state index in [-0.39, 0.29) is 10.8 Å². The van der Waals surface area contributed by atoms with E-state index in [1.165, 1.54) is 11.3 Å². The van der Waals surface area contributed by atoms with Crippen LogP contribution in [0.2, 0.25) is 0 Å². The molecule has 2 unspecified atom stereocenters. The number of nitrogens with one attached hydrogen (secondary N) is 1. The molecule has 2 atom stereocenters. The first-order chi connectivity index (χ1) is 9.02. The van der Waals surface area contributed by atoms with Gasteiger partial charge >= 0.3 is 12.0 Å². The molecular formula is C12H20N2O3S2. The third-order valence-electron chi connectivity index (χ3n) is 3.59. The van der Waals surface area contributed by atoms with Crippen LogP contribution in [0.4, 0.5) is 4.79 Å². The van der Waals surface area contributed by atoms with Crippen LogP contribution in [0.25, 0.3) is 0 Å². The van der Waals surface area contributed by atoms with Gasteiger partial charge in [0.2, 0.25) is 0 Å². The molecule has 0 radical (unpaired) electrons. The topological polar surface area (TPSA) is 69.6 Å². The molecule has 2 amide bonds. The molecule has 0 aliphatic carbocycles. The minimum absolute atomic E-state index is 0.110. The molecule has 2 fully saturated rings. The fourth-order valence-corrected chi connectivity index (χ4v) is 4.67. The van der Waals surface area contributed by atoms with Crippen LogP contribution in [-0.4, -0.2) is 63.1 Å². The second-order valence-corrected chi connectivity index (χ2v) is 8.02. The van der Waals surface area contributed by atoms with Gasteiger partial charge in [-0.25, -0.2) is 9.59 Å². The van der Waals surface area contributed by atoms with Crippen LogP contribution in [0.5, 0.6) is 0 Å². The fraction of sp³-hybridized carbons (Fsp3) is 0.833. The number of urea groups is 1. The molecule has 2 saturated heterocycles. The van der Waals surface area contributed by atoms with Crippen molar-refractivity contribution in [2.75, 3.05) is 30.3 Å². The Labute approximate surface area is 121 Å². The van der Waals surface area contributed by atoms with Crippen molar-refractivity contribution >= 4 is 35.5 Å². The summed E-state index contributed by atoms with van der Waals surface area (Å²) in [5.41, 5.74) is 0. The molecule has 0 aromatic carbocycles. The summed E-state index contributed by atoms with van der Waals surface area (Å²) < 4.78 is 0.110. The molecular weight excluding hydrogens is 284 g/mol. The van der Waals surface area contributed by atoms with Crippen LogP contribution < -0.4 is 5.32 Å². The highest BCUT2D eigenvalue weighted by Gasteiger charge is 2.34. The van der Waals surface area contributed by atoms with E-state index in [4.69, 9.17) is 5.11 Å². The average Bonchev–Trinajstić information content (AvgIpc) is 2.83. The van der Waals surface area contributed by atoms with Crippen molar-refractivity contribution < 1.29 is 14.7 Å². The van der Waals surface area contributed by atoms with Gasteiger partial charge in [-0.15, -0.1) is 0 Å². The highest BCUT2D eigenvalue weighted by atomic mass is 32.2. The van der Waals surface area contributed by atoms with Crippen molar-refractivity contribution in [2.24, 2.45) is 0 Å². The van der Waals surface area contributed by atoms with Crippen LogP contribution in [0.3, 0.4) is 0 Å². The highest BCUT2D eigenvalue weighted by Crippen LogP contribution is 2.37. The molecule has 0 aromatic heterocycles. The zero-order chi connectivity index (χ0) is 13.9. The van der Waals surface area contributed by atoms with Crippen molar-refractivity contribution in [3.63, 3.8) is 0 Å². The van der Waals surface area contributed by atoms with E-state index in [0.29, 0.717) is 18.8 Å². The van der Waals surface area contributed by atoms with E-state index >= 15 is 0 Å². The Morgan fingerprint density at radius 1 is 1.47 bits per heavy atom. The number of carboxylic acids is 1. The van der Waals surface area contributed by atoms with Gasteiger partial charge in [-0.3, -0.25) is 0 Å². The van der Waals surface area contributed by atoms with E-state index in [1.54, 1.807) is 11.8 Å². The van der Waals surface area contributed by atoms with E-state index in [0.717, 1.165) is 17.9 Å². The van der Waals surface area contributed by atoms with Crippen molar-refractivity contribution in [3.8, 4) is 0 Å². The second kappa shape index (κ2) is 6.26. The standard InChI is InChI=1S/C12H20N2O3S2/c1-12(3-2-5-19-12)8-13-11(17)14-4-6-18-7-9(14)10(15)16/h9H,2-8H2,1H3,(H,13,17)(H,15,16). The van der Waals surface area contributed by atoms with Gasteiger partial charge in [0.05, 0.1) is 0 Å². The van der Waals surface area contributed by atoms with Crippen molar-refractivity contribution in [3.05, 3.63) is 0 Å². The molecule has 0 bridgehead atoms. The minimum atomic E-state index is -0.913. The monoisotopic (exact) mass is 304 g/mol. The first-order valence-corrected chi connectivity index (χ1v) is 8.65. The normalized spacial score (nSPS) is 31.2. The van der Waals surface area contributed by atoms with Crippen LogP contribution >= 0.6 is 23.5 Å². The van der Waals surface area contributed by atoms with E-state index < -0.39 is 12.0 Å². The minimum Gasteiger partial charge on any atom is -0.480 e. The first kappa shape index (κ1) is 14.8. The first-order valence-electron chi connectivity index (χ1n) is 6.51. The number of rotatable bonds is 3. The van der Waals surface area contributed by atoms with Crippen LogP contribution in [0, 0.1) is 0 Å². The molecule has 5 nitrogen and oxygen atoms in total. The lowest BCUT2D eigenvalue weighted by Gasteiger charge is -2.33. The number of thioether (sulfide) groups is 2. The molecule has 2 N–H and O–H groups in total. The van der Waals surface area contributed by atoms with Gasteiger partial charge in [-0.2, -0.15) is 23.5 Å². The van der Waals surface area contributed by atoms with E-state index in [2.05, 4.69) is 12.2 Å². The van der Waals surface area contributed by atoms with Crippen molar-refractivity contribution in [1.29, 1.82) is 0 Å². The number of nitrogens with zero attached hydrogens (tertiary/aromatic N) is 1. The smallest absolute Gasteiger partial charge is 0.327 e. The molecule has 0 spiro atoms. The molecule has 7 heteroatoms. The summed E-state index contributed by atoms with van der Waals surface area (Å²) in [7, 11) is 0. The summed E-state index contributed by atoms with van der Waals surface area (Å²) in [4.78, 5) is 24.8. The SMILES string of the molecule is CC1(CNC(=O)N2CCSCC2C(=O)O)CCCS1. The zero-order valence-corrected chi connectivity index (χ0v) is 12.7. The van der Waals surface area contributed by atoms with Gasteiger partial charge in [-0.05, 0) is 25.5 Å². The predicted molar refractivity (Wildman–Crippen MR) is 79.0 cm³/mol. The van der Waals surface area contributed by atoms with Crippen molar-refractivity contribution in [2.45, 2.75) is 30.6 Å². The Bertz CT molecular complexity index is 359. The Kier molecular flexibility index (Phi) is 4.89. The van der Waals surface area contributed by atoms with Crippen LogP contribution in [0.15, 0.2) is 0 Å². The number of carbonyl (C=O) groups excluding carboxylic acids is 1. The molecule has 2 rings (SSSR count). The van der Waals surface area contributed by atoms with Crippen LogP contribution in [0.1, 0.15) is 19.8 Å². The maximum atomic E-state index is 12.1. The lowest BCUT2D eigenvalue weighted by Crippen LogP contribution is -2.55. The third kappa shape index (κ3) is 3.72. The van der Waals surface area contributed by atoms with Crippen LogP contribution in [-0.2, 0) is 4.79 Å².